The van der Waals surface area contributed by atoms with Crippen molar-refractivity contribution in [2.24, 2.45) is 0 Å². The van der Waals surface area contributed by atoms with Gasteiger partial charge in [0.1, 0.15) is 0 Å². The summed E-state index contributed by atoms with van der Waals surface area (Å²) in [5, 5.41) is 2.72. The van der Waals surface area contributed by atoms with E-state index in [0.29, 0.717) is 22.7 Å². The molecule has 1 N–H and O–H groups in total. The second-order valence-electron chi connectivity index (χ2n) is 8.10. The third-order valence-corrected chi connectivity index (χ3v) is 7.95. The zero-order valence-electron chi connectivity index (χ0n) is 18.1. The van der Waals surface area contributed by atoms with Crippen LogP contribution in [0.1, 0.15) is 59.7 Å². The van der Waals surface area contributed by atoms with Crippen molar-refractivity contribution in [1.82, 2.24) is 4.31 Å². The SMILES string of the molecule is CC(=O)c1cc2c(cc1NC(=O)c1ccc(S(=O)(=O)N(C)C3CCCCC3)cc1)OCO2. The van der Waals surface area contributed by atoms with Crippen LogP contribution in [0.5, 0.6) is 11.5 Å². The van der Waals surface area contributed by atoms with E-state index >= 15 is 0 Å². The molecule has 0 bridgehead atoms. The molecule has 0 radical (unpaired) electrons. The van der Waals surface area contributed by atoms with Crippen LogP contribution in [0.15, 0.2) is 41.3 Å². The predicted molar refractivity (Wildman–Crippen MR) is 119 cm³/mol. The van der Waals surface area contributed by atoms with E-state index in [0.717, 1.165) is 32.1 Å². The largest absolute Gasteiger partial charge is 0.454 e. The molecule has 0 saturated heterocycles. The Labute approximate surface area is 187 Å². The molecule has 0 aromatic heterocycles. The minimum absolute atomic E-state index is 0.00716. The molecule has 4 rings (SSSR count). The molecule has 1 aliphatic carbocycles. The van der Waals surface area contributed by atoms with Gasteiger partial charge in [-0.05, 0) is 50.1 Å². The fourth-order valence-electron chi connectivity index (χ4n) is 4.12. The van der Waals surface area contributed by atoms with Gasteiger partial charge in [-0.25, -0.2) is 8.42 Å². The van der Waals surface area contributed by atoms with E-state index in [1.54, 1.807) is 13.1 Å². The van der Waals surface area contributed by atoms with Crippen LogP contribution in [0.4, 0.5) is 5.69 Å². The van der Waals surface area contributed by atoms with Gasteiger partial charge in [0.15, 0.2) is 17.3 Å². The van der Waals surface area contributed by atoms with Crippen LogP contribution in [0, 0.1) is 0 Å². The molecule has 9 heteroatoms. The summed E-state index contributed by atoms with van der Waals surface area (Å²) in [6.07, 6.45) is 4.94. The van der Waals surface area contributed by atoms with E-state index in [4.69, 9.17) is 9.47 Å². The highest BCUT2D eigenvalue weighted by atomic mass is 32.2. The van der Waals surface area contributed by atoms with Gasteiger partial charge in [0, 0.05) is 30.3 Å². The maximum Gasteiger partial charge on any atom is 0.255 e. The van der Waals surface area contributed by atoms with Crippen LogP contribution >= 0.6 is 0 Å². The third-order valence-electron chi connectivity index (χ3n) is 6.02. The number of carbonyl (C=O) groups excluding carboxylic acids is 2. The van der Waals surface area contributed by atoms with Crippen LogP contribution in [0.2, 0.25) is 0 Å². The van der Waals surface area contributed by atoms with E-state index in [2.05, 4.69) is 5.32 Å². The summed E-state index contributed by atoms with van der Waals surface area (Å²) in [6, 6.07) is 8.91. The number of sulfonamides is 1. The molecule has 1 amide bonds. The van der Waals surface area contributed by atoms with Crippen molar-refractivity contribution in [2.75, 3.05) is 19.2 Å². The number of amides is 1. The lowest BCUT2D eigenvalue weighted by Gasteiger charge is -2.30. The first kappa shape index (κ1) is 22.3. The minimum atomic E-state index is -3.64. The standard InChI is InChI=1S/C23H26N2O6S/c1-15(26)19-12-21-22(31-14-30-21)13-20(19)24-23(27)16-8-10-18(11-9-16)32(28,29)25(2)17-6-4-3-5-7-17/h8-13,17H,3-7,14H2,1-2H3,(H,24,27). The van der Waals surface area contributed by atoms with Gasteiger partial charge >= 0.3 is 0 Å². The lowest BCUT2D eigenvalue weighted by Crippen LogP contribution is -2.38. The van der Waals surface area contributed by atoms with Crippen molar-refractivity contribution in [3.63, 3.8) is 0 Å². The molecule has 2 aromatic carbocycles. The van der Waals surface area contributed by atoms with Crippen molar-refractivity contribution in [3.8, 4) is 11.5 Å². The Balaban J connectivity index is 1.52. The van der Waals surface area contributed by atoms with E-state index in [1.807, 2.05) is 0 Å². The summed E-state index contributed by atoms with van der Waals surface area (Å²) in [4.78, 5) is 24.9. The number of rotatable bonds is 6. The van der Waals surface area contributed by atoms with Crippen molar-refractivity contribution < 1.29 is 27.5 Å². The van der Waals surface area contributed by atoms with E-state index < -0.39 is 15.9 Å². The lowest BCUT2D eigenvalue weighted by atomic mass is 9.96. The molecule has 2 aromatic rings. The highest BCUT2D eigenvalue weighted by Gasteiger charge is 2.29. The molecule has 0 spiro atoms. The average molecular weight is 459 g/mol. The number of ketones is 1. The average Bonchev–Trinajstić information content (AvgIpc) is 3.26. The number of anilines is 1. The number of Topliss-reactive ketones (excluding diaryl/α,β-unsaturated/α-hetero) is 1. The first-order valence-corrected chi connectivity index (χ1v) is 12.1. The molecule has 1 heterocycles. The minimum Gasteiger partial charge on any atom is -0.454 e. The Kier molecular flexibility index (Phi) is 6.21. The van der Waals surface area contributed by atoms with Crippen LogP contribution in [0.3, 0.4) is 0 Å². The Morgan fingerprint density at radius 3 is 2.25 bits per heavy atom. The number of nitrogens with zero attached hydrogens (tertiary/aromatic N) is 1. The number of hydrogen-bond donors (Lipinski definition) is 1. The third kappa shape index (κ3) is 4.35. The smallest absolute Gasteiger partial charge is 0.255 e. The topological polar surface area (TPSA) is 102 Å². The zero-order chi connectivity index (χ0) is 22.9. The lowest BCUT2D eigenvalue weighted by molar-refractivity contribution is 0.101. The van der Waals surface area contributed by atoms with Gasteiger partial charge in [-0.15, -0.1) is 0 Å². The van der Waals surface area contributed by atoms with Gasteiger partial charge in [0.05, 0.1) is 10.6 Å². The Hall–Kier alpha value is -2.91. The number of benzene rings is 2. The van der Waals surface area contributed by atoms with E-state index in [1.165, 1.54) is 41.6 Å². The van der Waals surface area contributed by atoms with Gasteiger partial charge < -0.3 is 14.8 Å². The molecule has 0 atom stereocenters. The fraction of sp³-hybridized carbons (Fsp3) is 0.391. The molecule has 32 heavy (non-hydrogen) atoms. The Morgan fingerprint density at radius 1 is 1.00 bits per heavy atom. The maximum absolute atomic E-state index is 13.0. The summed E-state index contributed by atoms with van der Waals surface area (Å²) < 4.78 is 38.1. The van der Waals surface area contributed by atoms with Gasteiger partial charge in [-0.3, -0.25) is 9.59 Å². The van der Waals surface area contributed by atoms with Gasteiger partial charge in [-0.2, -0.15) is 4.31 Å². The summed E-state index contributed by atoms with van der Waals surface area (Å²) in [6.45, 7) is 1.45. The normalized spacial score (nSPS) is 16.2. The van der Waals surface area contributed by atoms with Crippen molar-refractivity contribution >= 4 is 27.4 Å². The number of nitrogens with one attached hydrogen (secondary N) is 1. The first-order chi connectivity index (χ1) is 15.3. The predicted octanol–water partition coefficient (Wildman–Crippen LogP) is 3.82. The summed E-state index contributed by atoms with van der Waals surface area (Å²) in [5.41, 5.74) is 0.882. The summed E-state index contributed by atoms with van der Waals surface area (Å²) in [5.74, 6) is 0.198. The highest BCUT2D eigenvalue weighted by Crippen LogP contribution is 2.37. The Bertz CT molecular complexity index is 1140. The Morgan fingerprint density at radius 2 is 1.62 bits per heavy atom. The molecule has 1 saturated carbocycles. The number of ether oxygens (including phenoxy) is 2. The quantitative estimate of drug-likeness (QED) is 0.660. The number of hydrogen-bond acceptors (Lipinski definition) is 6. The van der Waals surface area contributed by atoms with Crippen LogP contribution in [0.25, 0.3) is 0 Å². The van der Waals surface area contributed by atoms with Crippen LogP contribution in [-0.4, -0.2) is 44.3 Å². The summed E-state index contributed by atoms with van der Waals surface area (Å²) in [7, 11) is -2.02. The number of fused-ring (bicyclic) bond motifs is 1. The maximum atomic E-state index is 13.0. The van der Waals surface area contributed by atoms with Gasteiger partial charge in [0.2, 0.25) is 16.8 Å². The second kappa shape index (κ2) is 8.91. The monoisotopic (exact) mass is 458 g/mol. The molecule has 0 unspecified atom stereocenters. The van der Waals surface area contributed by atoms with Gasteiger partial charge in [-0.1, -0.05) is 19.3 Å². The van der Waals surface area contributed by atoms with Crippen molar-refractivity contribution in [2.45, 2.75) is 50.0 Å². The first-order valence-electron chi connectivity index (χ1n) is 10.6. The summed E-state index contributed by atoms with van der Waals surface area (Å²) >= 11 is 0. The van der Waals surface area contributed by atoms with E-state index in [9.17, 15) is 18.0 Å². The molecular weight excluding hydrogens is 432 g/mol. The highest BCUT2D eigenvalue weighted by molar-refractivity contribution is 7.89. The molecular formula is C23H26N2O6S. The molecule has 1 aliphatic heterocycles. The second-order valence-corrected chi connectivity index (χ2v) is 10.1. The molecule has 1 fully saturated rings. The molecule has 8 nitrogen and oxygen atoms in total. The van der Waals surface area contributed by atoms with Crippen LogP contribution < -0.4 is 14.8 Å². The van der Waals surface area contributed by atoms with Gasteiger partial charge in [0.25, 0.3) is 5.91 Å². The van der Waals surface area contributed by atoms with Crippen molar-refractivity contribution in [3.05, 3.63) is 47.5 Å². The van der Waals surface area contributed by atoms with Crippen LogP contribution in [-0.2, 0) is 10.0 Å². The number of carbonyl (C=O) groups is 2. The van der Waals surface area contributed by atoms with E-state index in [-0.39, 0.29) is 29.1 Å². The van der Waals surface area contributed by atoms with Crippen molar-refractivity contribution in [1.29, 1.82) is 0 Å². The zero-order valence-corrected chi connectivity index (χ0v) is 18.9. The fourth-order valence-corrected chi connectivity index (χ4v) is 5.53. The molecule has 2 aliphatic rings. The molecule has 170 valence electrons.